The zero-order chi connectivity index (χ0) is 17.0. The molecule has 2 aliphatic rings. The van der Waals surface area contributed by atoms with E-state index in [1.807, 2.05) is 0 Å². The lowest BCUT2D eigenvalue weighted by Gasteiger charge is -2.34. The number of hydrogen-bond acceptors (Lipinski definition) is 5. The number of aliphatic hydroxyl groups excluding tert-OH is 1. The number of hydrogen-bond donors (Lipinski definition) is 1. The number of aromatic nitrogens is 3. The molecule has 1 saturated carbocycles. The molecule has 134 valence electrons. The molecular weight excluding hydrogens is 304 g/mol. The minimum Gasteiger partial charge on any atom is -0.389 e. The van der Waals surface area contributed by atoms with Crippen molar-refractivity contribution in [2.45, 2.75) is 50.7 Å². The van der Waals surface area contributed by atoms with Crippen LogP contribution < -0.4 is 0 Å². The predicted octanol–water partition coefficient (Wildman–Crippen LogP) is 1.36. The molecule has 7 nitrogen and oxygen atoms in total. The van der Waals surface area contributed by atoms with Crippen LogP contribution in [-0.2, 0) is 0 Å². The first-order valence-corrected chi connectivity index (χ1v) is 9.09. The van der Waals surface area contributed by atoms with Crippen molar-refractivity contribution in [1.82, 2.24) is 25.0 Å². The predicted molar refractivity (Wildman–Crippen MR) is 93.2 cm³/mol. The van der Waals surface area contributed by atoms with Gasteiger partial charge in [-0.1, -0.05) is 24.5 Å². The molecule has 0 radical (unpaired) electrons. The third-order valence-electron chi connectivity index (χ3n) is 5.02. The van der Waals surface area contributed by atoms with E-state index in [0.29, 0.717) is 6.04 Å². The molecule has 1 aromatic rings. The Bertz CT molecular complexity index is 523. The van der Waals surface area contributed by atoms with E-state index in [2.05, 4.69) is 34.4 Å². The average Bonchev–Trinajstić information content (AvgIpc) is 3.19. The van der Waals surface area contributed by atoms with Crippen molar-refractivity contribution in [2.75, 3.05) is 34.0 Å². The van der Waals surface area contributed by atoms with E-state index in [-0.39, 0.29) is 0 Å². The van der Waals surface area contributed by atoms with Gasteiger partial charge in [0.1, 0.15) is 13.3 Å². The summed E-state index contributed by atoms with van der Waals surface area (Å²) in [5, 5.41) is 22.9. The Morgan fingerprint density at radius 1 is 1.25 bits per heavy atom. The van der Waals surface area contributed by atoms with Gasteiger partial charge in [-0.15, -0.1) is 5.10 Å². The number of quaternary nitrogens is 1. The van der Waals surface area contributed by atoms with Crippen LogP contribution in [0, 0.1) is 0 Å². The molecule has 3 rings (SSSR count). The Kier molecular flexibility index (Phi) is 5.65. The van der Waals surface area contributed by atoms with Gasteiger partial charge in [0.05, 0.1) is 32.6 Å². The average molecular weight is 335 g/mol. The van der Waals surface area contributed by atoms with E-state index < -0.39 is 6.10 Å². The van der Waals surface area contributed by atoms with E-state index in [9.17, 15) is 5.11 Å². The van der Waals surface area contributed by atoms with Gasteiger partial charge in [-0.3, -0.25) is 0 Å². The molecule has 1 saturated heterocycles. The van der Waals surface area contributed by atoms with Gasteiger partial charge in [-0.25, -0.2) is 4.68 Å². The van der Waals surface area contributed by atoms with E-state index >= 15 is 0 Å². The number of aliphatic hydroxyl groups is 1. The maximum Gasteiger partial charge on any atom is 0.148 e. The third kappa shape index (κ3) is 4.63. The summed E-state index contributed by atoms with van der Waals surface area (Å²) in [5.74, 6) is 0. The molecule has 24 heavy (non-hydrogen) atoms. The molecule has 0 spiro atoms. The van der Waals surface area contributed by atoms with Crippen LogP contribution in [0.4, 0.5) is 0 Å². The van der Waals surface area contributed by atoms with E-state index in [1.54, 1.807) is 29.4 Å². The summed E-state index contributed by atoms with van der Waals surface area (Å²) < 4.78 is 2.61. The van der Waals surface area contributed by atoms with Crippen molar-refractivity contribution in [3.05, 3.63) is 18.5 Å². The molecule has 1 atom stereocenters. The second kappa shape index (κ2) is 7.74. The highest BCUT2D eigenvalue weighted by Crippen LogP contribution is 2.28. The monoisotopic (exact) mass is 335 g/mol. The minimum atomic E-state index is -0.460. The standard InChI is InChI=1S/C17H31N6O/c1-23(2)14-21(22(15-23)16-6-4-3-5-7-16)12-9-17(24)8-11-20-13-10-18-19-20/h8,10-11,13,16-17,24H,3-7,9,12,14-15H2,1-2H3/q+1/b11-8+. The lowest BCUT2D eigenvalue weighted by molar-refractivity contribution is -0.886. The summed E-state index contributed by atoms with van der Waals surface area (Å²) in [6.07, 6.45) is 13.9. The Hall–Kier alpha value is -1.28. The normalized spacial score (nSPS) is 24.8. The number of nitrogens with zero attached hydrogens (tertiary/aromatic N) is 6. The Morgan fingerprint density at radius 3 is 2.75 bits per heavy atom. The van der Waals surface area contributed by atoms with Gasteiger partial charge in [0.25, 0.3) is 0 Å². The molecule has 7 heteroatoms. The molecule has 0 aromatic carbocycles. The topological polar surface area (TPSA) is 57.4 Å². The molecule has 2 fully saturated rings. The third-order valence-corrected chi connectivity index (χ3v) is 5.02. The smallest absolute Gasteiger partial charge is 0.148 e. The van der Waals surface area contributed by atoms with Crippen LogP contribution in [0.2, 0.25) is 0 Å². The van der Waals surface area contributed by atoms with Crippen LogP contribution in [0.5, 0.6) is 0 Å². The maximum atomic E-state index is 10.2. The van der Waals surface area contributed by atoms with Crippen molar-refractivity contribution in [3.8, 4) is 0 Å². The first-order chi connectivity index (χ1) is 11.5. The second-order valence-corrected chi connectivity index (χ2v) is 7.76. The van der Waals surface area contributed by atoms with E-state index in [4.69, 9.17) is 0 Å². The lowest BCUT2D eigenvalue weighted by Crippen LogP contribution is -2.46. The van der Waals surface area contributed by atoms with Crippen LogP contribution >= 0.6 is 0 Å². The number of rotatable bonds is 6. The largest absolute Gasteiger partial charge is 0.389 e. The molecular formula is C17H31N6O+. The van der Waals surface area contributed by atoms with Crippen molar-refractivity contribution in [1.29, 1.82) is 0 Å². The summed E-state index contributed by atoms with van der Waals surface area (Å²) in [6, 6.07) is 0.682. The van der Waals surface area contributed by atoms with Gasteiger partial charge in [0.15, 0.2) is 0 Å². The fourth-order valence-corrected chi connectivity index (χ4v) is 3.84. The molecule has 1 aromatic heterocycles. The molecule has 0 bridgehead atoms. The van der Waals surface area contributed by atoms with Crippen LogP contribution in [0.15, 0.2) is 18.5 Å². The summed E-state index contributed by atoms with van der Waals surface area (Å²) in [4.78, 5) is 0. The highest BCUT2D eigenvalue weighted by Gasteiger charge is 2.39. The van der Waals surface area contributed by atoms with Gasteiger partial charge in [0, 0.05) is 18.8 Å². The Labute approximate surface area is 144 Å². The molecule has 1 aliphatic carbocycles. The summed E-state index contributed by atoms with van der Waals surface area (Å²) in [5.41, 5.74) is 0. The van der Waals surface area contributed by atoms with Crippen LogP contribution in [0.3, 0.4) is 0 Å². The number of hydrazine groups is 1. The zero-order valence-electron chi connectivity index (χ0n) is 15.0. The van der Waals surface area contributed by atoms with Crippen LogP contribution in [0.1, 0.15) is 38.5 Å². The van der Waals surface area contributed by atoms with Crippen molar-refractivity contribution in [2.24, 2.45) is 0 Å². The summed E-state index contributed by atoms with van der Waals surface area (Å²) in [7, 11) is 4.58. The fraction of sp³-hybridized carbons (Fsp3) is 0.765. The van der Waals surface area contributed by atoms with Gasteiger partial charge in [-0.2, -0.15) is 10.0 Å². The van der Waals surface area contributed by atoms with Crippen LogP contribution in [-0.4, -0.2) is 80.7 Å². The molecule has 2 heterocycles. The summed E-state index contributed by atoms with van der Waals surface area (Å²) in [6.45, 7) is 2.99. The summed E-state index contributed by atoms with van der Waals surface area (Å²) >= 11 is 0. The molecule has 0 amide bonds. The first kappa shape index (κ1) is 17.5. The Morgan fingerprint density at radius 2 is 2.04 bits per heavy atom. The maximum absolute atomic E-state index is 10.2. The van der Waals surface area contributed by atoms with Gasteiger partial charge in [-0.05, 0) is 25.3 Å². The SMILES string of the molecule is C[N+]1(C)CN(CCC(O)/C=C/n2ccnn2)N(C2CCCCC2)C1. The minimum absolute atomic E-state index is 0.460. The quantitative estimate of drug-likeness (QED) is 0.796. The van der Waals surface area contributed by atoms with Crippen molar-refractivity contribution >= 4 is 6.20 Å². The van der Waals surface area contributed by atoms with Crippen LogP contribution in [0.25, 0.3) is 6.20 Å². The lowest BCUT2D eigenvalue weighted by atomic mass is 9.95. The zero-order valence-corrected chi connectivity index (χ0v) is 15.0. The fourth-order valence-electron chi connectivity index (χ4n) is 3.84. The van der Waals surface area contributed by atoms with Crippen molar-refractivity contribution < 1.29 is 9.59 Å². The van der Waals surface area contributed by atoms with Crippen molar-refractivity contribution in [3.63, 3.8) is 0 Å². The van der Waals surface area contributed by atoms with Gasteiger partial charge in [0.2, 0.25) is 0 Å². The highest BCUT2D eigenvalue weighted by atomic mass is 16.3. The van der Waals surface area contributed by atoms with E-state index in [1.165, 1.54) is 32.1 Å². The van der Waals surface area contributed by atoms with Gasteiger partial charge < -0.3 is 9.59 Å². The second-order valence-electron chi connectivity index (χ2n) is 7.76. The van der Waals surface area contributed by atoms with Gasteiger partial charge >= 0.3 is 0 Å². The molecule has 1 aliphatic heterocycles. The van der Waals surface area contributed by atoms with E-state index in [0.717, 1.165) is 30.8 Å². The first-order valence-electron chi connectivity index (χ1n) is 9.09. The highest BCUT2D eigenvalue weighted by molar-refractivity contribution is 5.20. The molecule has 1 N–H and O–H groups in total. The molecule has 1 unspecified atom stereocenters. The Balaban J connectivity index is 1.53.